The zero-order valence-corrected chi connectivity index (χ0v) is 12.5. The minimum atomic E-state index is -0.465. The largest absolute Gasteiger partial charge is 0.298 e. The van der Waals surface area contributed by atoms with Gasteiger partial charge in [-0.05, 0) is 40.5 Å². The Morgan fingerprint density at radius 1 is 1.18 bits per heavy atom. The van der Waals surface area contributed by atoms with Crippen molar-refractivity contribution in [3.63, 3.8) is 0 Å². The lowest BCUT2D eigenvalue weighted by atomic mass is 10.0. The highest BCUT2D eigenvalue weighted by atomic mass is 15.2. The van der Waals surface area contributed by atoms with E-state index in [9.17, 15) is 5.26 Å². The molecular weight excluding hydrogens is 210 g/mol. The van der Waals surface area contributed by atoms with E-state index in [1.807, 2.05) is 6.92 Å². The summed E-state index contributed by atoms with van der Waals surface area (Å²) in [4.78, 5) is 2.38. The topological polar surface area (TPSA) is 39.1 Å². The smallest absolute Gasteiger partial charge is 0.116 e. The number of nitrogens with zero attached hydrogens (tertiary/aromatic N) is 2. The summed E-state index contributed by atoms with van der Waals surface area (Å²) in [5.41, 5.74) is -0.465. The van der Waals surface area contributed by atoms with E-state index in [0.29, 0.717) is 18.0 Å². The van der Waals surface area contributed by atoms with Gasteiger partial charge in [0.05, 0.1) is 6.07 Å². The molecule has 0 spiro atoms. The van der Waals surface area contributed by atoms with Crippen molar-refractivity contribution in [1.82, 2.24) is 10.2 Å². The molecule has 0 fully saturated rings. The van der Waals surface area contributed by atoms with Gasteiger partial charge in [-0.2, -0.15) is 5.26 Å². The molecule has 0 amide bonds. The van der Waals surface area contributed by atoms with Crippen LogP contribution in [0.1, 0.15) is 48.5 Å². The van der Waals surface area contributed by atoms with E-state index in [1.165, 1.54) is 0 Å². The molecule has 0 rings (SSSR count). The summed E-state index contributed by atoms with van der Waals surface area (Å²) in [7, 11) is 0. The predicted molar refractivity (Wildman–Crippen MR) is 73.8 cm³/mol. The first-order chi connectivity index (χ1) is 7.70. The first-order valence-electron chi connectivity index (χ1n) is 6.63. The number of hydrogen-bond donors (Lipinski definition) is 1. The van der Waals surface area contributed by atoms with E-state index in [1.54, 1.807) is 0 Å². The van der Waals surface area contributed by atoms with Gasteiger partial charge in [-0.15, -0.1) is 0 Å². The molecule has 1 unspecified atom stereocenters. The van der Waals surface area contributed by atoms with Crippen molar-refractivity contribution < 1.29 is 0 Å². The summed E-state index contributed by atoms with van der Waals surface area (Å²) in [6.45, 7) is 16.8. The Morgan fingerprint density at radius 2 is 1.71 bits per heavy atom. The Kier molecular flexibility index (Phi) is 6.74. The Morgan fingerprint density at radius 3 is 2.00 bits per heavy atom. The molecule has 0 aliphatic rings. The van der Waals surface area contributed by atoms with Gasteiger partial charge in [-0.3, -0.25) is 10.2 Å². The van der Waals surface area contributed by atoms with Gasteiger partial charge >= 0.3 is 0 Å². The lowest BCUT2D eigenvalue weighted by molar-refractivity contribution is 0.157. The standard InChI is InChI=1S/C14H29N3/c1-11(2)8-17(13(5)6)10-14(7,9-15)16-12(3)4/h11-13,16H,8,10H2,1-7H3. The van der Waals surface area contributed by atoms with E-state index >= 15 is 0 Å². The summed E-state index contributed by atoms with van der Waals surface area (Å²) in [5.74, 6) is 0.624. The third kappa shape index (κ3) is 6.65. The average Bonchev–Trinajstić information content (AvgIpc) is 2.14. The monoisotopic (exact) mass is 239 g/mol. The van der Waals surface area contributed by atoms with E-state index in [0.717, 1.165) is 13.1 Å². The molecule has 0 saturated carbocycles. The SMILES string of the molecule is CC(C)CN(CC(C)(C#N)NC(C)C)C(C)C. The van der Waals surface area contributed by atoms with Crippen LogP contribution in [0.25, 0.3) is 0 Å². The van der Waals surface area contributed by atoms with Crippen molar-refractivity contribution in [3.8, 4) is 6.07 Å². The summed E-state index contributed by atoms with van der Waals surface area (Å²) >= 11 is 0. The zero-order chi connectivity index (χ0) is 13.6. The Labute approximate surface area is 107 Å². The minimum Gasteiger partial charge on any atom is -0.298 e. The second kappa shape index (κ2) is 6.98. The number of rotatable bonds is 7. The summed E-state index contributed by atoms with van der Waals surface area (Å²) in [6, 6.07) is 3.21. The van der Waals surface area contributed by atoms with Crippen LogP contribution < -0.4 is 5.32 Å². The van der Waals surface area contributed by atoms with Crippen molar-refractivity contribution >= 4 is 0 Å². The van der Waals surface area contributed by atoms with Gasteiger partial charge < -0.3 is 0 Å². The molecule has 100 valence electrons. The highest BCUT2D eigenvalue weighted by Gasteiger charge is 2.28. The van der Waals surface area contributed by atoms with Crippen LogP contribution >= 0.6 is 0 Å². The molecule has 0 aromatic carbocycles. The highest BCUT2D eigenvalue weighted by molar-refractivity contribution is 5.06. The van der Waals surface area contributed by atoms with Gasteiger partial charge in [0.2, 0.25) is 0 Å². The summed E-state index contributed by atoms with van der Waals surface area (Å²) < 4.78 is 0. The number of nitrogens with one attached hydrogen (secondary N) is 1. The van der Waals surface area contributed by atoms with Gasteiger partial charge in [0, 0.05) is 25.2 Å². The van der Waals surface area contributed by atoms with Crippen LogP contribution in [0.4, 0.5) is 0 Å². The molecule has 0 saturated heterocycles. The molecule has 3 heteroatoms. The third-order valence-electron chi connectivity index (χ3n) is 2.70. The normalized spacial score (nSPS) is 15.6. The molecule has 0 radical (unpaired) electrons. The molecule has 1 atom stereocenters. The second-order valence-electron chi connectivity index (χ2n) is 6.16. The van der Waals surface area contributed by atoms with Crippen LogP contribution in [-0.2, 0) is 0 Å². The molecule has 3 nitrogen and oxygen atoms in total. The molecule has 0 aliphatic carbocycles. The fourth-order valence-corrected chi connectivity index (χ4v) is 2.08. The van der Waals surface area contributed by atoms with Crippen molar-refractivity contribution in [2.75, 3.05) is 13.1 Å². The van der Waals surface area contributed by atoms with Crippen LogP contribution in [0, 0.1) is 17.2 Å². The van der Waals surface area contributed by atoms with Gasteiger partial charge in [0.15, 0.2) is 0 Å². The maximum absolute atomic E-state index is 9.36. The Bertz CT molecular complexity index is 253. The second-order valence-corrected chi connectivity index (χ2v) is 6.16. The minimum absolute atomic E-state index is 0.327. The number of nitriles is 1. The van der Waals surface area contributed by atoms with Crippen LogP contribution in [-0.4, -0.2) is 35.6 Å². The highest BCUT2D eigenvalue weighted by Crippen LogP contribution is 2.12. The van der Waals surface area contributed by atoms with Crippen LogP contribution in [0.3, 0.4) is 0 Å². The van der Waals surface area contributed by atoms with E-state index in [-0.39, 0.29) is 0 Å². The number of hydrogen-bond acceptors (Lipinski definition) is 3. The Hall–Kier alpha value is -0.590. The molecule has 0 aromatic rings. The lowest BCUT2D eigenvalue weighted by Gasteiger charge is -2.36. The quantitative estimate of drug-likeness (QED) is 0.742. The average molecular weight is 239 g/mol. The van der Waals surface area contributed by atoms with Gasteiger partial charge in [0.25, 0.3) is 0 Å². The fourth-order valence-electron chi connectivity index (χ4n) is 2.08. The van der Waals surface area contributed by atoms with Gasteiger partial charge in [-0.25, -0.2) is 0 Å². The lowest BCUT2D eigenvalue weighted by Crippen LogP contribution is -2.54. The molecule has 0 aromatic heterocycles. The molecule has 0 bridgehead atoms. The molecule has 1 N–H and O–H groups in total. The van der Waals surface area contributed by atoms with E-state index in [4.69, 9.17) is 0 Å². The molecule has 0 aliphatic heterocycles. The summed E-state index contributed by atoms with van der Waals surface area (Å²) in [5, 5.41) is 12.7. The molecular formula is C14H29N3. The fraction of sp³-hybridized carbons (Fsp3) is 0.929. The molecule has 17 heavy (non-hydrogen) atoms. The van der Waals surface area contributed by atoms with Gasteiger partial charge in [-0.1, -0.05) is 13.8 Å². The predicted octanol–water partition coefficient (Wildman–Crippen LogP) is 2.63. The zero-order valence-electron chi connectivity index (χ0n) is 12.5. The van der Waals surface area contributed by atoms with E-state index in [2.05, 4.69) is 57.8 Å². The molecule has 0 heterocycles. The van der Waals surface area contributed by atoms with Crippen LogP contribution in [0.5, 0.6) is 0 Å². The maximum atomic E-state index is 9.36. The maximum Gasteiger partial charge on any atom is 0.116 e. The first kappa shape index (κ1) is 16.4. The first-order valence-corrected chi connectivity index (χ1v) is 6.63. The van der Waals surface area contributed by atoms with Crippen LogP contribution in [0.15, 0.2) is 0 Å². The van der Waals surface area contributed by atoms with Crippen molar-refractivity contribution in [2.24, 2.45) is 5.92 Å². The van der Waals surface area contributed by atoms with Crippen molar-refractivity contribution in [1.29, 1.82) is 5.26 Å². The van der Waals surface area contributed by atoms with E-state index < -0.39 is 5.54 Å². The Balaban J connectivity index is 4.65. The summed E-state index contributed by atoms with van der Waals surface area (Å²) in [6.07, 6.45) is 0. The van der Waals surface area contributed by atoms with Crippen LogP contribution in [0.2, 0.25) is 0 Å². The van der Waals surface area contributed by atoms with Crippen molar-refractivity contribution in [2.45, 2.75) is 66.1 Å². The van der Waals surface area contributed by atoms with Crippen molar-refractivity contribution in [3.05, 3.63) is 0 Å². The van der Waals surface area contributed by atoms with Gasteiger partial charge in [0.1, 0.15) is 5.54 Å². The third-order valence-corrected chi connectivity index (χ3v) is 2.70.